The first-order valence-corrected chi connectivity index (χ1v) is 7.23. The van der Waals surface area contributed by atoms with Crippen molar-refractivity contribution in [1.82, 2.24) is 0 Å². The van der Waals surface area contributed by atoms with Crippen LogP contribution in [0.25, 0.3) is 0 Å². The number of rotatable bonds is 1. The molecule has 0 amide bonds. The maximum atomic E-state index is 6.20. The molecule has 1 aliphatic heterocycles. The van der Waals surface area contributed by atoms with Gasteiger partial charge in [0.2, 0.25) is 0 Å². The molecule has 1 saturated heterocycles. The predicted octanol–water partition coefficient (Wildman–Crippen LogP) is 4.31. The molecule has 0 aromatic rings. The zero-order chi connectivity index (χ0) is 12.0. The van der Waals surface area contributed by atoms with Gasteiger partial charge in [0, 0.05) is 11.8 Å². The minimum absolute atomic E-state index is 0.365. The maximum Gasteiger partial charge on any atom is 0.123 e. The van der Waals surface area contributed by atoms with Crippen LogP contribution in [0.2, 0.25) is 0 Å². The van der Waals surface area contributed by atoms with E-state index in [-0.39, 0.29) is 0 Å². The average Bonchev–Trinajstić information content (AvgIpc) is 2.93. The summed E-state index contributed by atoms with van der Waals surface area (Å²) in [6, 6.07) is 0. The van der Waals surface area contributed by atoms with E-state index < -0.39 is 0 Å². The molecular weight excluding hydrogens is 208 g/mol. The first-order valence-electron chi connectivity index (χ1n) is 7.23. The predicted molar refractivity (Wildman–Crippen MR) is 70.5 cm³/mol. The molecule has 1 nitrogen and oxygen atoms in total. The Kier molecular flexibility index (Phi) is 2.80. The van der Waals surface area contributed by atoms with Crippen molar-refractivity contribution < 1.29 is 4.74 Å². The monoisotopic (exact) mass is 232 g/mol. The van der Waals surface area contributed by atoms with Gasteiger partial charge in [0.15, 0.2) is 0 Å². The Balaban J connectivity index is 1.89. The molecule has 0 unspecified atom stereocenters. The van der Waals surface area contributed by atoms with Gasteiger partial charge in [0.25, 0.3) is 0 Å². The molecular formula is C16H24O. The standard InChI is InChI=1S/C16H24O/c1-10-8-9-14-11(2)12(3)17-16(15(10)14)13-6-4-5-7-13/h6,10-11,14-16H,3-5,7-9H2,1-2H3/t10-,11-,14+,15+,16-/m1/s1. The minimum atomic E-state index is 0.365. The summed E-state index contributed by atoms with van der Waals surface area (Å²) < 4.78 is 6.20. The lowest BCUT2D eigenvalue weighted by atomic mass is 9.74. The molecule has 17 heavy (non-hydrogen) atoms. The highest BCUT2D eigenvalue weighted by Crippen LogP contribution is 2.51. The Morgan fingerprint density at radius 1 is 1.29 bits per heavy atom. The van der Waals surface area contributed by atoms with Crippen molar-refractivity contribution >= 4 is 0 Å². The molecule has 1 heteroatoms. The van der Waals surface area contributed by atoms with Crippen molar-refractivity contribution in [3.8, 4) is 0 Å². The van der Waals surface area contributed by atoms with Gasteiger partial charge >= 0.3 is 0 Å². The Labute approximate surface area is 105 Å². The van der Waals surface area contributed by atoms with Gasteiger partial charge in [0.1, 0.15) is 6.10 Å². The summed E-state index contributed by atoms with van der Waals surface area (Å²) in [5, 5.41) is 0. The molecule has 0 spiro atoms. The van der Waals surface area contributed by atoms with Crippen LogP contribution >= 0.6 is 0 Å². The van der Waals surface area contributed by atoms with Crippen LogP contribution in [0, 0.1) is 23.7 Å². The number of allylic oxidation sites excluding steroid dienone is 2. The van der Waals surface area contributed by atoms with E-state index in [0.717, 1.165) is 23.5 Å². The summed E-state index contributed by atoms with van der Waals surface area (Å²) in [6.45, 7) is 8.87. The van der Waals surface area contributed by atoms with Crippen molar-refractivity contribution in [2.45, 2.75) is 52.1 Å². The third kappa shape index (κ3) is 1.75. The third-order valence-electron chi connectivity index (χ3n) is 5.33. The molecule has 0 aromatic carbocycles. The first-order chi connectivity index (χ1) is 8.18. The van der Waals surface area contributed by atoms with Gasteiger partial charge in [-0.05, 0) is 49.5 Å². The molecule has 0 bridgehead atoms. The zero-order valence-electron chi connectivity index (χ0n) is 11.1. The maximum absolute atomic E-state index is 6.20. The molecule has 0 N–H and O–H groups in total. The lowest BCUT2D eigenvalue weighted by Crippen LogP contribution is -2.40. The van der Waals surface area contributed by atoms with E-state index in [0.29, 0.717) is 12.0 Å². The van der Waals surface area contributed by atoms with Gasteiger partial charge in [0.05, 0.1) is 5.76 Å². The molecule has 3 rings (SSSR count). The van der Waals surface area contributed by atoms with Crippen LogP contribution in [-0.2, 0) is 4.74 Å². The van der Waals surface area contributed by atoms with Crippen molar-refractivity contribution in [1.29, 1.82) is 0 Å². The third-order valence-corrected chi connectivity index (χ3v) is 5.33. The van der Waals surface area contributed by atoms with Crippen LogP contribution in [0.3, 0.4) is 0 Å². The van der Waals surface area contributed by atoms with Gasteiger partial charge < -0.3 is 4.74 Å². The first kappa shape index (κ1) is 11.4. The summed E-state index contributed by atoms with van der Waals surface area (Å²) >= 11 is 0. The summed E-state index contributed by atoms with van der Waals surface area (Å²) in [4.78, 5) is 0. The van der Waals surface area contributed by atoms with Gasteiger partial charge in [-0.25, -0.2) is 0 Å². The van der Waals surface area contributed by atoms with E-state index in [1.807, 2.05) is 0 Å². The molecule has 2 fully saturated rings. The smallest absolute Gasteiger partial charge is 0.123 e. The fourth-order valence-electron chi connectivity index (χ4n) is 4.23. The van der Waals surface area contributed by atoms with Crippen LogP contribution in [-0.4, -0.2) is 6.10 Å². The summed E-state index contributed by atoms with van der Waals surface area (Å²) in [5.74, 6) is 3.99. The Morgan fingerprint density at radius 2 is 2.12 bits per heavy atom. The highest BCUT2D eigenvalue weighted by Gasteiger charge is 2.48. The normalized spacial score (nSPS) is 45.4. The topological polar surface area (TPSA) is 9.23 Å². The van der Waals surface area contributed by atoms with Crippen molar-refractivity contribution in [3.05, 3.63) is 24.0 Å². The molecule has 2 aliphatic carbocycles. The van der Waals surface area contributed by atoms with Crippen molar-refractivity contribution in [3.63, 3.8) is 0 Å². The highest BCUT2D eigenvalue weighted by molar-refractivity contribution is 5.20. The zero-order valence-corrected chi connectivity index (χ0v) is 11.1. The van der Waals surface area contributed by atoms with Gasteiger partial charge in [-0.15, -0.1) is 0 Å². The Morgan fingerprint density at radius 3 is 2.82 bits per heavy atom. The van der Waals surface area contributed by atoms with Crippen molar-refractivity contribution in [2.75, 3.05) is 0 Å². The minimum Gasteiger partial charge on any atom is -0.490 e. The van der Waals surface area contributed by atoms with Crippen LogP contribution in [0.1, 0.15) is 46.0 Å². The van der Waals surface area contributed by atoms with Crippen molar-refractivity contribution in [2.24, 2.45) is 23.7 Å². The van der Waals surface area contributed by atoms with E-state index in [1.54, 1.807) is 5.57 Å². The largest absolute Gasteiger partial charge is 0.490 e. The fraction of sp³-hybridized carbons (Fsp3) is 0.750. The highest BCUT2D eigenvalue weighted by atomic mass is 16.5. The van der Waals surface area contributed by atoms with Crippen LogP contribution < -0.4 is 0 Å². The summed E-state index contributed by atoms with van der Waals surface area (Å²) in [5.41, 5.74) is 1.57. The Hall–Kier alpha value is -0.720. The molecule has 0 radical (unpaired) electrons. The molecule has 0 aromatic heterocycles. The quantitative estimate of drug-likeness (QED) is 0.612. The number of hydrogen-bond acceptors (Lipinski definition) is 1. The lowest BCUT2D eigenvalue weighted by Gasteiger charge is -2.42. The summed E-state index contributed by atoms with van der Waals surface area (Å²) in [7, 11) is 0. The number of fused-ring (bicyclic) bond motifs is 1. The second kappa shape index (κ2) is 4.19. The number of hydrogen-bond donors (Lipinski definition) is 0. The van der Waals surface area contributed by atoms with Gasteiger partial charge in [-0.1, -0.05) is 26.5 Å². The molecule has 5 atom stereocenters. The van der Waals surface area contributed by atoms with Crippen LogP contribution in [0.4, 0.5) is 0 Å². The van der Waals surface area contributed by atoms with E-state index in [1.165, 1.54) is 32.1 Å². The molecule has 1 saturated carbocycles. The van der Waals surface area contributed by atoms with Crippen LogP contribution in [0.15, 0.2) is 24.0 Å². The molecule has 3 aliphatic rings. The molecule has 1 heterocycles. The SMILES string of the molecule is C=C1O[C@H](C2=CCCC2)[C@@H]2[C@@H](CC[C@H]2C)[C@@H]1C. The van der Waals surface area contributed by atoms with E-state index in [4.69, 9.17) is 4.74 Å². The van der Waals surface area contributed by atoms with E-state index >= 15 is 0 Å². The van der Waals surface area contributed by atoms with Gasteiger partial charge in [-0.3, -0.25) is 0 Å². The average molecular weight is 232 g/mol. The second-order valence-corrected chi connectivity index (χ2v) is 6.26. The van der Waals surface area contributed by atoms with Gasteiger partial charge in [-0.2, -0.15) is 0 Å². The fourth-order valence-corrected chi connectivity index (χ4v) is 4.23. The lowest BCUT2D eigenvalue weighted by molar-refractivity contribution is -0.0168. The van der Waals surface area contributed by atoms with Crippen LogP contribution in [0.5, 0.6) is 0 Å². The summed E-state index contributed by atoms with van der Waals surface area (Å²) in [6.07, 6.45) is 9.37. The molecule has 94 valence electrons. The number of ether oxygens (including phenoxy) is 1. The Bertz CT molecular complexity index is 355. The van der Waals surface area contributed by atoms with E-state index in [9.17, 15) is 0 Å². The second-order valence-electron chi connectivity index (χ2n) is 6.26. The van der Waals surface area contributed by atoms with E-state index in [2.05, 4.69) is 26.5 Å².